The fraction of sp³-hybridized carbons (Fsp3) is 0. The minimum Gasteiger partial charge on any atom is -0.457 e. The van der Waals surface area contributed by atoms with Gasteiger partial charge in [0.2, 0.25) is 0 Å². The Morgan fingerprint density at radius 2 is 1.61 bits per heavy atom. The van der Waals surface area contributed by atoms with Crippen LogP contribution in [0.1, 0.15) is 5.56 Å². The number of nitrogen functional groups attached to an aromatic ring is 1. The molecule has 0 unspecified atom stereocenters. The minimum atomic E-state index is 0.453. The topological polar surface area (TPSA) is 60.2 Å². The minimum absolute atomic E-state index is 0.453. The van der Waals surface area contributed by atoms with E-state index in [1.54, 1.807) is 6.20 Å². The van der Waals surface area contributed by atoms with Crippen LogP contribution in [0.4, 0.5) is 11.5 Å². The van der Waals surface area contributed by atoms with Crippen molar-refractivity contribution in [1.82, 2.24) is 4.98 Å². The van der Waals surface area contributed by atoms with Crippen molar-refractivity contribution < 1.29 is 4.74 Å². The summed E-state index contributed by atoms with van der Waals surface area (Å²) in [6, 6.07) is 21.0. The number of nitrogens with zero attached hydrogens (tertiary/aromatic N) is 1. The molecule has 0 saturated heterocycles. The summed E-state index contributed by atoms with van der Waals surface area (Å²) in [6.07, 6.45) is 1.65. The molecule has 4 nitrogen and oxygen atoms in total. The molecule has 114 valence electrons. The van der Waals surface area contributed by atoms with Crippen LogP contribution in [0.15, 0.2) is 79.5 Å². The highest BCUT2D eigenvalue weighted by Crippen LogP contribution is 2.25. The molecule has 0 aliphatic heterocycles. The van der Waals surface area contributed by atoms with Gasteiger partial charge in [-0.1, -0.05) is 24.8 Å². The molecule has 0 bridgehead atoms. The lowest BCUT2D eigenvalue weighted by Gasteiger charge is -2.12. The molecule has 2 aromatic carbocycles. The Labute approximate surface area is 135 Å². The van der Waals surface area contributed by atoms with Crippen LogP contribution in [0.25, 0.3) is 5.70 Å². The summed E-state index contributed by atoms with van der Waals surface area (Å²) in [5.74, 6) is 2.03. The molecule has 0 radical (unpaired) electrons. The first-order valence-electron chi connectivity index (χ1n) is 7.22. The molecule has 0 amide bonds. The van der Waals surface area contributed by atoms with Gasteiger partial charge in [-0.3, -0.25) is 0 Å². The molecule has 1 aromatic heterocycles. The number of pyridine rings is 1. The van der Waals surface area contributed by atoms with Crippen molar-refractivity contribution in [2.24, 2.45) is 0 Å². The van der Waals surface area contributed by atoms with Crippen molar-refractivity contribution in [1.29, 1.82) is 0 Å². The molecule has 3 aromatic rings. The highest BCUT2D eigenvalue weighted by molar-refractivity contribution is 5.79. The molecule has 4 heteroatoms. The quantitative estimate of drug-likeness (QED) is 0.726. The first kappa shape index (κ1) is 14.7. The second-order valence-electron chi connectivity index (χ2n) is 4.98. The zero-order valence-electron chi connectivity index (χ0n) is 12.6. The largest absolute Gasteiger partial charge is 0.457 e. The Hall–Kier alpha value is -3.27. The van der Waals surface area contributed by atoms with Crippen LogP contribution in [0.5, 0.6) is 11.5 Å². The van der Waals surface area contributed by atoms with E-state index < -0.39 is 0 Å². The van der Waals surface area contributed by atoms with Crippen LogP contribution in [-0.2, 0) is 0 Å². The monoisotopic (exact) mass is 303 g/mol. The lowest BCUT2D eigenvalue weighted by atomic mass is 10.2. The Bertz CT molecular complexity index is 798. The standard InChI is InChI=1S/C19H17N3O/c1-14(18-8-5-13-21-19(18)20)22-15-9-11-17(12-10-15)23-16-6-3-2-4-7-16/h2-13,22H,1H2,(H2,20,21). The SMILES string of the molecule is C=C(Nc1ccc(Oc2ccccc2)cc1)c1cccnc1N. The number of benzene rings is 2. The van der Waals surface area contributed by atoms with E-state index in [1.165, 1.54) is 0 Å². The Morgan fingerprint density at radius 1 is 0.913 bits per heavy atom. The van der Waals surface area contributed by atoms with E-state index in [2.05, 4.69) is 16.9 Å². The molecule has 0 aliphatic rings. The van der Waals surface area contributed by atoms with Crippen LogP contribution in [0.3, 0.4) is 0 Å². The molecule has 0 aliphatic carbocycles. The Morgan fingerprint density at radius 3 is 2.30 bits per heavy atom. The normalized spacial score (nSPS) is 10.1. The highest BCUT2D eigenvalue weighted by atomic mass is 16.5. The van der Waals surface area contributed by atoms with Gasteiger partial charge in [0.25, 0.3) is 0 Å². The molecule has 23 heavy (non-hydrogen) atoms. The number of para-hydroxylation sites is 1. The van der Waals surface area contributed by atoms with E-state index in [4.69, 9.17) is 10.5 Å². The Kier molecular flexibility index (Phi) is 4.25. The molecule has 1 heterocycles. The van der Waals surface area contributed by atoms with E-state index in [1.807, 2.05) is 66.7 Å². The maximum Gasteiger partial charge on any atom is 0.132 e. The highest BCUT2D eigenvalue weighted by Gasteiger charge is 2.04. The summed E-state index contributed by atoms with van der Waals surface area (Å²) >= 11 is 0. The number of nitrogens with one attached hydrogen (secondary N) is 1. The molecule has 3 N–H and O–H groups in total. The predicted octanol–water partition coefficient (Wildman–Crippen LogP) is 4.54. The fourth-order valence-electron chi connectivity index (χ4n) is 2.15. The summed E-state index contributed by atoms with van der Waals surface area (Å²) in [7, 11) is 0. The number of hydrogen-bond acceptors (Lipinski definition) is 4. The van der Waals surface area contributed by atoms with Crippen molar-refractivity contribution >= 4 is 17.2 Å². The molecule has 0 atom stereocenters. The molecule has 0 spiro atoms. The second kappa shape index (κ2) is 6.66. The number of hydrogen-bond donors (Lipinski definition) is 2. The molecular formula is C19H17N3O. The Balaban J connectivity index is 1.68. The maximum atomic E-state index is 5.85. The van der Waals surface area contributed by atoms with Crippen LogP contribution in [0.2, 0.25) is 0 Å². The van der Waals surface area contributed by atoms with Crippen molar-refractivity contribution in [3.05, 3.63) is 85.1 Å². The third-order valence-corrected chi connectivity index (χ3v) is 3.29. The summed E-state index contributed by atoms with van der Waals surface area (Å²) < 4.78 is 5.76. The number of nitrogens with two attached hydrogens (primary N) is 1. The molecule has 0 saturated carbocycles. The fourth-order valence-corrected chi connectivity index (χ4v) is 2.15. The smallest absolute Gasteiger partial charge is 0.132 e. The third-order valence-electron chi connectivity index (χ3n) is 3.29. The number of anilines is 2. The lowest BCUT2D eigenvalue weighted by Crippen LogP contribution is -2.02. The summed E-state index contributed by atoms with van der Waals surface area (Å²) in [4.78, 5) is 4.06. The lowest BCUT2D eigenvalue weighted by molar-refractivity contribution is 0.483. The van der Waals surface area contributed by atoms with Gasteiger partial charge < -0.3 is 15.8 Å². The van der Waals surface area contributed by atoms with Crippen LogP contribution in [0, 0.1) is 0 Å². The van der Waals surface area contributed by atoms with Crippen molar-refractivity contribution in [3.8, 4) is 11.5 Å². The van der Waals surface area contributed by atoms with Crippen molar-refractivity contribution in [2.45, 2.75) is 0 Å². The molecule has 3 rings (SSSR count). The summed E-state index contributed by atoms with van der Waals surface area (Å²) in [6.45, 7) is 4.01. The first-order valence-corrected chi connectivity index (χ1v) is 7.22. The average Bonchev–Trinajstić information content (AvgIpc) is 2.58. The second-order valence-corrected chi connectivity index (χ2v) is 4.98. The van der Waals surface area contributed by atoms with Gasteiger partial charge in [0.15, 0.2) is 0 Å². The zero-order valence-corrected chi connectivity index (χ0v) is 12.6. The van der Waals surface area contributed by atoms with Gasteiger partial charge in [0, 0.05) is 23.1 Å². The van der Waals surface area contributed by atoms with E-state index in [0.717, 1.165) is 22.7 Å². The van der Waals surface area contributed by atoms with Crippen LogP contribution >= 0.6 is 0 Å². The van der Waals surface area contributed by atoms with Gasteiger partial charge in [0.1, 0.15) is 17.3 Å². The van der Waals surface area contributed by atoms with Gasteiger partial charge in [-0.2, -0.15) is 0 Å². The average molecular weight is 303 g/mol. The summed E-state index contributed by atoms with van der Waals surface area (Å²) in [5.41, 5.74) is 8.24. The van der Waals surface area contributed by atoms with E-state index in [0.29, 0.717) is 11.5 Å². The number of aromatic nitrogens is 1. The van der Waals surface area contributed by atoms with E-state index in [-0.39, 0.29) is 0 Å². The van der Waals surface area contributed by atoms with Crippen molar-refractivity contribution in [3.63, 3.8) is 0 Å². The number of rotatable bonds is 5. The van der Waals surface area contributed by atoms with Crippen molar-refractivity contribution in [2.75, 3.05) is 11.1 Å². The van der Waals surface area contributed by atoms with Gasteiger partial charge in [-0.25, -0.2) is 4.98 Å². The number of ether oxygens (including phenoxy) is 1. The van der Waals surface area contributed by atoms with Gasteiger partial charge >= 0.3 is 0 Å². The van der Waals surface area contributed by atoms with Crippen LogP contribution < -0.4 is 15.8 Å². The third kappa shape index (κ3) is 3.68. The van der Waals surface area contributed by atoms with E-state index in [9.17, 15) is 0 Å². The van der Waals surface area contributed by atoms with Gasteiger partial charge in [-0.15, -0.1) is 0 Å². The van der Waals surface area contributed by atoms with Gasteiger partial charge in [0.05, 0.1) is 0 Å². The molecule has 0 fully saturated rings. The van der Waals surface area contributed by atoms with E-state index >= 15 is 0 Å². The molecular weight excluding hydrogens is 286 g/mol. The summed E-state index contributed by atoms with van der Waals surface area (Å²) in [5, 5.41) is 3.22. The van der Waals surface area contributed by atoms with Gasteiger partial charge in [-0.05, 0) is 48.5 Å². The maximum absolute atomic E-state index is 5.85. The zero-order chi connectivity index (χ0) is 16.1. The predicted molar refractivity (Wildman–Crippen MR) is 94.3 cm³/mol. The van der Waals surface area contributed by atoms with Crippen LogP contribution in [-0.4, -0.2) is 4.98 Å². The first-order chi connectivity index (χ1) is 11.2.